The number of carbonyl (C=O) groups excluding carboxylic acids is 1. The van der Waals surface area contributed by atoms with E-state index in [9.17, 15) is 4.79 Å². The number of rotatable bonds is 2. The first-order valence-electron chi connectivity index (χ1n) is 6.02. The fourth-order valence-electron chi connectivity index (χ4n) is 1.99. The van der Waals surface area contributed by atoms with Gasteiger partial charge in [0, 0.05) is 16.5 Å². The molecule has 0 aliphatic rings. The van der Waals surface area contributed by atoms with E-state index in [1.165, 1.54) is 11.3 Å². The van der Waals surface area contributed by atoms with Crippen molar-refractivity contribution in [3.8, 4) is 0 Å². The van der Waals surface area contributed by atoms with Crippen molar-refractivity contribution in [1.29, 1.82) is 0 Å². The van der Waals surface area contributed by atoms with Crippen molar-refractivity contribution in [3.05, 3.63) is 47.1 Å². The van der Waals surface area contributed by atoms with E-state index >= 15 is 0 Å². The second-order valence-electron chi connectivity index (χ2n) is 4.35. The van der Waals surface area contributed by atoms with Gasteiger partial charge < -0.3 is 11.1 Å². The van der Waals surface area contributed by atoms with Crippen LogP contribution in [0.5, 0.6) is 0 Å². The summed E-state index contributed by atoms with van der Waals surface area (Å²) in [5.41, 5.74) is 8.29. The standard InChI is InChI=1S/C14H12N4OS/c1-8-6-11(9-4-2-3-5-10(9)16-8)17-13(19)12-7-20-14(15)18-12/h2-7H,1H3,(H2,15,18)(H,16,17,19). The lowest BCUT2D eigenvalue weighted by atomic mass is 10.1. The molecule has 0 fully saturated rings. The van der Waals surface area contributed by atoms with Crippen LogP contribution in [0.4, 0.5) is 10.8 Å². The first-order chi connectivity index (χ1) is 9.63. The Hall–Kier alpha value is -2.47. The Morgan fingerprint density at radius 3 is 2.85 bits per heavy atom. The first-order valence-corrected chi connectivity index (χ1v) is 6.90. The van der Waals surface area contributed by atoms with Gasteiger partial charge in [0.2, 0.25) is 0 Å². The minimum absolute atomic E-state index is 0.270. The molecule has 0 saturated carbocycles. The minimum atomic E-state index is -0.270. The minimum Gasteiger partial charge on any atom is -0.375 e. The number of para-hydroxylation sites is 1. The van der Waals surface area contributed by atoms with E-state index in [-0.39, 0.29) is 5.91 Å². The molecule has 0 saturated heterocycles. The molecular formula is C14H12N4OS. The van der Waals surface area contributed by atoms with Gasteiger partial charge in [-0.3, -0.25) is 9.78 Å². The van der Waals surface area contributed by atoms with Gasteiger partial charge in [-0.05, 0) is 19.1 Å². The smallest absolute Gasteiger partial charge is 0.275 e. The zero-order valence-electron chi connectivity index (χ0n) is 10.8. The van der Waals surface area contributed by atoms with E-state index in [0.29, 0.717) is 10.8 Å². The van der Waals surface area contributed by atoms with Crippen LogP contribution in [0.2, 0.25) is 0 Å². The van der Waals surface area contributed by atoms with Crippen LogP contribution in [0.1, 0.15) is 16.2 Å². The maximum absolute atomic E-state index is 12.1. The zero-order chi connectivity index (χ0) is 14.1. The molecule has 100 valence electrons. The molecule has 20 heavy (non-hydrogen) atoms. The van der Waals surface area contributed by atoms with Gasteiger partial charge in [0.05, 0.1) is 11.2 Å². The Bertz CT molecular complexity index is 797. The third-order valence-electron chi connectivity index (χ3n) is 2.85. The van der Waals surface area contributed by atoms with Crippen LogP contribution in [0.15, 0.2) is 35.7 Å². The Morgan fingerprint density at radius 1 is 1.30 bits per heavy atom. The SMILES string of the molecule is Cc1cc(NC(=O)c2csc(N)n2)c2ccccc2n1. The molecular weight excluding hydrogens is 272 g/mol. The lowest BCUT2D eigenvalue weighted by molar-refractivity contribution is 0.102. The highest BCUT2D eigenvalue weighted by molar-refractivity contribution is 7.13. The number of nitrogen functional groups attached to an aromatic ring is 1. The molecule has 0 atom stereocenters. The molecule has 1 aromatic carbocycles. The van der Waals surface area contributed by atoms with Crippen LogP contribution < -0.4 is 11.1 Å². The number of nitrogens with two attached hydrogens (primary N) is 1. The third-order valence-corrected chi connectivity index (χ3v) is 3.52. The number of aryl methyl sites for hydroxylation is 1. The summed E-state index contributed by atoms with van der Waals surface area (Å²) in [6, 6.07) is 9.51. The highest BCUT2D eigenvalue weighted by Gasteiger charge is 2.12. The summed E-state index contributed by atoms with van der Waals surface area (Å²) in [6.07, 6.45) is 0. The fraction of sp³-hybridized carbons (Fsp3) is 0.0714. The normalized spacial score (nSPS) is 10.7. The number of hydrogen-bond donors (Lipinski definition) is 2. The van der Waals surface area contributed by atoms with Crippen molar-refractivity contribution < 1.29 is 4.79 Å². The molecule has 0 aliphatic heterocycles. The molecule has 3 N–H and O–H groups in total. The lowest BCUT2D eigenvalue weighted by Crippen LogP contribution is -2.13. The van der Waals surface area contributed by atoms with Crippen molar-refractivity contribution in [2.45, 2.75) is 6.92 Å². The number of nitrogens with zero attached hydrogens (tertiary/aromatic N) is 2. The average molecular weight is 284 g/mol. The topological polar surface area (TPSA) is 80.9 Å². The molecule has 2 heterocycles. The number of nitrogens with one attached hydrogen (secondary N) is 1. The molecule has 0 spiro atoms. The number of aromatic nitrogens is 2. The first kappa shape index (κ1) is 12.6. The molecule has 0 bridgehead atoms. The van der Waals surface area contributed by atoms with Gasteiger partial charge in [-0.25, -0.2) is 4.98 Å². The van der Waals surface area contributed by atoms with Gasteiger partial charge in [0.25, 0.3) is 5.91 Å². The van der Waals surface area contributed by atoms with E-state index in [2.05, 4.69) is 15.3 Å². The molecule has 0 unspecified atom stereocenters. The molecule has 0 radical (unpaired) electrons. The van der Waals surface area contributed by atoms with Crippen LogP contribution in [0.3, 0.4) is 0 Å². The Balaban J connectivity index is 2.00. The lowest BCUT2D eigenvalue weighted by Gasteiger charge is -2.08. The van der Waals surface area contributed by atoms with Gasteiger partial charge in [-0.2, -0.15) is 0 Å². The average Bonchev–Trinajstić information content (AvgIpc) is 2.85. The van der Waals surface area contributed by atoms with Gasteiger partial charge in [-0.1, -0.05) is 18.2 Å². The van der Waals surface area contributed by atoms with E-state index in [0.717, 1.165) is 22.3 Å². The van der Waals surface area contributed by atoms with E-state index < -0.39 is 0 Å². The molecule has 1 amide bonds. The number of thiazole rings is 1. The van der Waals surface area contributed by atoms with E-state index in [4.69, 9.17) is 5.73 Å². The highest BCUT2D eigenvalue weighted by atomic mass is 32.1. The predicted molar refractivity (Wildman–Crippen MR) is 81.0 cm³/mol. The molecule has 3 aromatic rings. The zero-order valence-corrected chi connectivity index (χ0v) is 11.6. The van der Waals surface area contributed by atoms with Gasteiger partial charge in [-0.15, -0.1) is 11.3 Å². The van der Waals surface area contributed by atoms with Crippen LogP contribution in [0.25, 0.3) is 10.9 Å². The molecule has 5 nitrogen and oxygen atoms in total. The van der Waals surface area contributed by atoms with Crippen molar-refractivity contribution in [1.82, 2.24) is 9.97 Å². The number of hydrogen-bond acceptors (Lipinski definition) is 5. The van der Waals surface area contributed by atoms with Crippen LogP contribution in [-0.2, 0) is 0 Å². The van der Waals surface area contributed by atoms with Crippen LogP contribution in [0, 0.1) is 6.92 Å². The Morgan fingerprint density at radius 2 is 2.10 bits per heavy atom. The van der Waals surface area contributed by atoms with Crippen LogP contribution in [-0.4, -0.2) is 15.9 Å². The van der Waals surface area contributed by atoms with Gasteiger partial charge >= 0.3 is 0 Å². The molecule has 0 aliphatic carbocycles. The summed E-state index contributed by atoms with van der Waals surface area (Å²) in [6.45, 7) is 1.89. The maximum Gasteiger partial charge on any atom is 0.275 e. The predicted octanol–water partition coefficient (Wildman–Crippen LogP) is 2.83. The quantitative estimate of drug-likeness (QED) is 0.758. The molecule has 2 aromatic heterocycles. The largest absolute Gasteiger partial charge is 0.375 e. The second-order valence-corrected chi connectivity index (χ2v) is 5.24. The van der Waals surface area contributed by atoms with Crippen LogP contribution >= 0.6 is 11.3 Å². The summed E-state index contributed by atoms with van der Waals surface area (Å²) in [7, 11) is 0. The molecule has 6 heteroatoms. The third kappa shape index (κ3) is 2.33. The molecule has 3 rings (SSSR count). The number of benzene rings is 1. The van der Waals surface area contributed by atoms with Crippen molar-refractivity contribution in [2.75, 3.05) is 11.1 Å². The highest BCUT2D eigenvalue weighted by Crippen LogP contribution is 2.23. The summed E-state index contributed by atoms with van der Waals surface area (Å²) < 4.78 is 0. The summed E-state index contributed by atoms with van der Waals surface area (Å²) >= 11 is 1.24. The number of carbonyl (C=O) groups is 1. The van der Waals surface area contributed by atoms with Gasteiger partial charge in [0.15, 0.2) is 5.13 Å². The van der Waals surface area contributed by atoms with Crippen molar-refractivity contribution in [2.24, 2.45) is 0 Å². The second kappa shape index (κ2) is 4.90. The fourth-order valence-corrected chi connectivity index (χ4v) is 2.53. The summed E-state index contributed by atoms with van der Waals surface area (Å²) in [4.78, 5) is 20.6. The maximum atomic E-state index is 12.1. The number of amides is 1. The number of fused-ring (bicyclic) bond motifs is 1. The summed E-state index contributed by atoms with van der Waals surface area (Å²) in [5, 5.41) is 5.78. The van der Waals surface area contributed by atoms with Gasteiger partial charge in [0.1, 0.15) is 5.69 Å². The van der Waals surface area contributed by atoms with E-state index in [1.54, 1.807) is 5.38 Å². The number of pyridine rings is 1. The Labute approximate surface area is 119 Å². The monoisotopic (exact) mass is 284 g/mol. The van der Waals surface area contributed by atoms with Crippen molar-refractivity contribution in [3.63, 3.8) is 0 Å². The van der Waals surface area contributed by atoms with E-state index in [1.807, 2.05) is 37.3 Å². The Kier molecular flexibility index (Phi) is 3.08. The van der Waals surface area contributed by atoms with Crippen molar-refractivity contribution >= 4 is 39.0 Å². The summed E-state index contributed by atoms with van der Waals surface area (Å²) in [5.74, 6) is -0.270. The number of anilines is 2.